The largest absolute Gasteiger partial charge is 0.342 e. The first-order chi connectivity index (χ1) is 11.7. The normalized spacial score (nSPS) is 18.5. The summed E-state index contributed by atoms with van der Waals surface area (Å²) in [5, 5.41) is 1.38. The minimum absolute atomic E-state index is 0.661. The van der Waals surface area contributed by atoms with Gasteiger partial charge in [-0.15, -0.1) is 0 Å². The molecule has 2 heterocycles. The van der Waals surface area contributed by atoms with Gasteiger partial charge >= 0.3 is 0 Å². The maximum absolute atomic E-state index is 2.53. The second-order valence-electron chi connectivity index (χ2n) is 6.73. The van der Waals surface area contributed by atoms with Gasteiger partial charge in [-0.2, -0.15) is 0 Å². The van der Waals surface area contributed by atoms with Crippen molar-refractivity contribution in [2.45, 2.75) is 42.1 Å². The molecule has 124 valence electrons. The summed E-state index contributed by atoms with van der Waals surface area (Å²) in [6, 6.07) is 20.2. The minimum Gasteiger partial charge on any atom is -0.342 e. The third-order valence-electron chi connectivity index (χ3n) is 5.20. The van der Waals surface area contributed by atoms with E-state index >= 15 is 0 Å². The lowest BCUT2D eigenvalue weighted by Gasteiger charge is -2.21. The van der Waals surface area contributed by atoms with Crippen molar-refractivity contribution in [1.82, 2.24) is 9.47 Å². The third-order valence-corrected chi connectivity index (χ3v) is 6.43. The molecule has 0 bridgehead atoms. The van der Waals surface area contributed by atoms with E-state index in [0.717, 1.165) is 6.54 Å². The molecule has 2 nitrogen and oxygen atoms in total. The quantitative estimate of drug-likeness (QED) is 0.647. The van der Waals surface area contributed by atoms with Crippen LogP contribution in [0.5, 0.6) is 0 Å². The highest BCUT2D eigenvalue weighted by atomic mass is 32.2. The van der Waals surface area contributed by atoms with Gasteiger partial charge in [-0.3, -0.25) is 0 Å². The van der Waals surface area contributed by atoms with Gasteiger partial charge in [0.05, 0.1) is 0 Å². The molecular formula is C21H24N2S. The SMILES string of the molecule is Cc1c(Sc2ccccc2)c2ccccc2n1C[C@@H]1CCCN1C. The fraction of sp³-hybridized carbons (Fsp3) is 0.333. The second-order valence-corrected chi connectivity index (χ2v) is 7.82. The van der Waals surface area contributed by atoms with Gasteiger partial charge in [0.2, 0.25) is 0 Å². The Morgan fingerprint density at radius 1 is 1.04 bits per heavy atom. The summed E-state index contributed by atoms with van der Waals surface area (Å²) < 4.78 is 2.53. The summed E-state index contributed by atoms with van der Waals surface area (Å²) in [5.74, 6) is 0. The van der Waals surface area contributed by atoms with Crippen molar-refractivity contribution in [3.8, 4) is 0 Å². The average Bonchev–Trinajstić information content (AvgIpc) is 3.13. The number of hydrogen-bond donors (Lipinski definition) is 0. The Hall–Kier alpha value is -1.71. The Balaban J connectivity index is 1.75. The maximum atomic E-state index is 2.53. The number of para-hydroxylation sites is 1. The molecule has 3 heteroatoms. The molecule has 1 atom stereocenters. The molecule has 0 unspecified atom stereocenters. The van der Waals surface area contributed by atoms with E-state index in [-0.39, 0.29) is 0 Å². The number of fused-ring (bicyclic) bond motifs is 1. The summed E-state index contributed by atoms with van der Waals surface area (Å²) in [6.45, 7) is 4.60. The first kappa shape index (κ1) is 15.8. The zero-order chi connectivity index (χ0) is 16.5. The highest BCUT2D eigenvalue weighted by molar-refractivity contribution is 7.99. The van der Waals surface area contributed by atoms with Gasteiger partial charge in [0.25, 0.3) is 0 Å². The van der Waals surface area contributed by atoms with Gasteiger partial charge in [-0.25, -0.2) is 0 Å². The van der Waals surface area contributed by atoms with Gasteiger partial charge in [-0.1, -0.05) is 48.2 Å². The molecule has 0 N–H and O–H groups in total. The predicted molar refractivity (Wildman–Crippen MR) is 103 cm³/mol. The van der Waals surface area contributed by atoms with Gasteiger partial charge in [0.1, 0.15) is 0 Å². The van der Waals surface area contributed by atoms with Crippen LogP contribution in [0.3, 0.4) is 0 Å². The Labute approximate surface area is 148 Å². The molecule has 3 aromatic rings. The van der Waals surface area contributed by atoms with Crippen LogP contribution in [-0.4, -0.2) is 29.1 Å². The van der Waals surface area contributed by atoms with Crippen LogP contribution >= 0.6 is 11.8 Å². The van der Waals surface area contributed by atoms with E-state index in [9.17, 15) is 0 Å². The molecule has 1 aliphatic rings. The fourth-order valence-electron chi connectivity index (χ4n) is 3.79. The van der Waals surface area contributed by atoms with Crippen LogP contribution in [0.2, 0.25) is 0 Å². The van der Waals surface area contributed by atoms with E-state index in [0.29, 0.717) is 6.04 Å². The van der Waals surface area contributed by atoms with E-state index < -0.39 is 0 Å². The minimum atomic E-state index is 0.661. The van der Waals surface area contributed by atoms with Crippen LogP contribution in [-0.2, 0) is 6.54 Å². The summed E-state index contributed by atoms with van der Waals surface area (Å²) >= 11 is 1.89. The maximum Gasteiger partial charge on any atom is 0.0494 e. The zero-order valence-corrected chi connectivity index (χ0v) is 15.2. The van der Waals surface area contributed by atoms with E-state index in [1.807, 2.05) is 11.8 Å². The standard InChI is InChI=1S/C21H24N2S/c1-16-21(24-18-10-4-3-5-11-18)19-12-6-7-13-20(19)23(16)15-17-9-8-14-22(17)2/h3-7,10-13,17H,8-9,14-15H2,1-2H3/t17-/m0/s1. The lowest BCUT2D eigenvalue weighted by molar-refractivity contribution is 0.283. The van der Waals surface area contributed by atoms with Crippen LogP contribution in [0, 0.1) is 6.92 Å². The number of likely N-dealkylation sites (N-methyl/N-ethyl adjacent to an activating group) is 1. The molecule has 0 radical (unpaired) electrons. The number of rotatable bonds is 4. The number of aromatic nitrogens is 1. The number of hydrogen-bond acceptors (Lipinski definition) is 2. The Morgan fingerprint density at radius 3 is 2.54 bits per heavy atom. The summed E-state index contributed by atoms with van der Waals surface area (Å²) in [4.78, 5) is 5.22. The molecule has 0 saturated carbocycles. The summed E-state index contributed by atoms with van der Waals surface area (Å²) in [7, 11) is 2.26. The topological polar surface area (TPSA) is 8.17 Å². The van der Waals surface area contributed by atoms with Crippen molar-refractivity contribution >= 4 is 22.7 Å². The Bertz CT molecular complexity index is 838. The van der Waals surface area contributed by atoms with Gasteiger partial charge < -0.3 is 9.47 Å². The highest BCUT2D eigenvalue weighted by Crippen LogP contribution is 2.38. The molecular weight excluding hydrogens is 312 g/mol. The lowest BCUT2D eigenvalue weighted by atomic mass is 10.2. The van der Waals surface area contributed by atoms with Crippen LogP contribution < -0.4 is 0 Å². The van der Waals surface area contributed by atoms with E-state index in [1.165, 1.54) is 45.8 Å². The van der Waals surface area contributed by atoms with Gasteiger partial charge in [-0.05, 0) is 51.6 Å². The van der Waals surface area contributed by atoms with Crippen molar-refractivity contribution in [3.05, 3.63) is 60.3 Å². The molecule has 2 aromatic carbocycles. The number of nitrogens with zero attached hydrogens (tertiary/aromatic N) is 2. The van der Waals surface area contributed by atoms with Crippen LogP contribution in [0.15, 0.2) is 64.4 Å². The highest BCUT2D eigenvalue weighted by Gasteiger charge is 2.23. The molecule has 0 spiro atoms. The second kappa shape index (κ2) is 6.66. The predicted octanol–water partition coefficient (Wildman–Crippen LogP) is 5.20. The van der Waals surface area contributed by atoms with Crippen LogP contribution in [0.25, 0.3) is 10.9 Å². The van der Waals surface area contributed by atoms with Gasteiger partial charge in [0, 0.05) is 39.0 Å². The van der Waals surface area contributed by atoms with Crippen LogP contribution in [0.1, 0.15) is 18.5 Å². The van der Waals surface area contributed by atoms with E-state index in [2.05, 4.69) is 78.0 Å². The molecule has 1 saturated heterocycles. The van der Waals surface area contributed by atoms with Gasteiger partial charge in [0.15, 0.2) is 0 Å². The number of benzene rings is 2. The summed E-state index contributed by atoms with van der Waals surface area (Å²) in [5.41, 5.74) is 2.76. The fourth-order valence-corrected chi connectivity index (χ4v) is 4.86. The number of likely N-dealkylation sites (tertiary alicyclic amines) is 1. The monoisotopic (exact) mass is 336 g/mol. The molecule has 0 amide bonds. The summed E-state index contributed by atoms with van der Waals surface area (Å²) in [6.07, 6.45) is 2.63. The van der Waals surface area contributed by atoms with Crippen molar-refractivity contribution < 1.29 is 0 Å². The first-order valence-electron chi connectivity index (χ1n) is 8.75. The Kier molecular flexibility index (Phi) is 4.38. The molecule has 1 aliphatic heterocycles. The lowest BCUT2D eigenvalue weighted by Crippen LogP contribution is -2.29. The van der Waals surface area contributed by atoms with Crippen LogP contribution in [0.4, 0.5) is 0 Å². The molecule has 1 aromatic heterocycles. The molecule has 0 aliphatic carbocycles. The van der Waals surface area contributed by atoms with Crippen molar-refractivity contribution in [2.75, 3.05) is 13.6 Å². The third kappa shape index (κ3) is 2.87. The van der Waals surface area contributed by atoms with Crippen molar-refractivity contribution in [3.63, 3.8) is 0 Å². The first-order valence-corrected chi connectivity index (χ1v) is 9.56. The molecule has 24 heavy (non-hydrogen) atoms. The average molecular weight is 337 g/mol. The smallest absolute Gasteiger partial charge is 0.0494 e. The van der Waals surface area contributed by atoms with Crippen molar-refractivity contribution in [2.24, 2.45) is 0 Å². The Morgan fingerprint density at radius 2 is 1.79 bits per heavy atom. The van der Waals surface area contributed by atoms with Crippen molar-refractivity contribution in [1.29, 1.82) is 0 Å². The molecule has 4 rings (SSSR count). The zero-order valence-electron chi connectivity index (χ0n) is 14.4. The van der Waals surface area contributed by atoms with E-state index in [4.69, 9.17) is 0 Å². The molecule has 1 fully saturated rings. The van der Waals surface area contributed by atoms with E-state index in [1.54, 1.807) is 0 Å².